The van der Waals surface area contributed by atoms with Crippen LogP contribution < -0.4 is 10.5 Å². The van der Waals surface area contributed by atoms with Gasteiger partial charge >= 0.3 is 0 Å². The quantitative estimate of drug-likeness (QED) is 0.527. The van der Waals surface area contributed by atoms with E-state index in [0.29, 0.717) is 16.0 Å². The standard InChI is InChI=1S/C12H8BrFN2O3/c13-9-5-7(16(17)18)1-4-12(9)19-8-2-3-10(14)11(15)6-8/h1-6H,15H2. The van der Waals surface area contributed by atoms with Crippen molar-refractivity contribution < 1.29 is 14.1 Å². The molecule has 2 aromatic carbocycles. The van der Waals surface area contributed by atoms with Gasteiger partial charge in [-0.3, -0.25) is 10.1 Å². The molecule has 98 valence electrons. The first-order valence-corrected chi connectivity index (χ1v) is 5.93. The normalized spacial score (nSPS) is 10.2. The Morgan fingerprint density at radius 3 is 2.58 bits per heavy atom. The number of ether oxygens (including phenoxy) is 1. The zero-order chi connectivity index (χ0) is 14.0. The van der Waals surface area contributed by atoms with E-state index in [1.165, 1.54) is 36.4 Å². The monoisotopic (exact) mass is 326 g/mol. The van der Waals surface area contributed by atoms with E-state index < -0.39 is 10.7 Å². The first-order chi connectivity index (χ1) is 8.97. The van der Waals surface area contributed by atoms with E-state index >= 15 is 0 Å². The van der Waals surface area contributed by atoms with E-state index in [2.05, 4.69) is 15.9 Å². The molecular weight excluding hydrogens is 319 g/mol. The highest BCUT2D eigenvalue weighted by molar-refractivity contribution is 9.10. The molecule has 0 spiro atoms. The Morgan fingerprint density at radius 1 is 1.26 bits per heavy atom. The first kappa shape index (κ1) is 13.3. The van der Waals surface area contributed by atoms with Gasteiger partial charge in [-0.05, 0) is 34.1 Å². The van der Waals surface area contributed by atoms with Crippen LogP contribution in [0.25, 0.3) is 0 Å². The van der Waals surface area contributed by atoms with Gasteiger partial charge in [-0.15, -0.1) is 0 Å². The van der Waals surface area contributed by atoms with Gasteiger partial charge in [0, 0.05) is 18.2 Å². The van der Waals surface area contributed by atoms with Gasteiger partial charge in [0.2, 0.25) is 0 Å². The third-order valence-electron chi connectivity index (χ3n) is 2.32. The lowest BCUT2D eigenvalue weighted by Gasteiger charge is -2.08. The summed E-state index contributed by atoms with van der Waals surface area (Å²) in [5.74, 6) is 0.181. The van der Waals surface area contributed by atoms with Gasteiger partial charge in [-0.25, -0.2) is 4.39 Å². The van der Waals surface area contributed by atoms with Crippen LogP contribution in [0.3, 0.4) is 0 Å². The van der Waals surface area contributed by atoms with Crippen LogP contribution in [0.4, 0.5) is 15.8 Å². The molecule has 19 heavy (non-hydrogen) atoms. The number of nitrogens with zero attached hydrogens (tertiary/aromatic N) is 1. The minimum atomic E-state index is -0.532. The fraction of sp³-hybridized carbons (Fsp3) is 0. The number of hydrogen-bond donors (Lipinski definition) is 1. The van der Waals surface area contributed by atoms with Gasteiger partial charge in [0.25, 0.3) is 5.69 Å². The van der Waals surface area contributed by atoms with Gasteiger partial charge in [0.05, 0.1) is 15.1 Å². The molecule has 0 aliphatic heterocycles. The molecule has 5 nitrogen and oxygen atoms in total. The summed E-state index contributed by atoms with van der Waals surface area (Å²) in [5.41, 5.74) is 5.33. The van der Waals surface area contributed by atoms with Crippen molar-refractivity contribution in [2.24, 2.45) is 0 Å². The maximum atomic E-state index is 13.0. The van der Waals surface area contributed by atoms with E-state index in [9.17, 15) is 14.5 Å². The number of hydrogen-bond acceptors (Lipinski definition) is 4. The molecule has 0 aliphatic carbocycles. The zero-order valence-corrected chi connectivity index (χ0v) is 11.1. The highest BCUT2D eigenvalue weighted by Gasteiger charge is 2.11. The average Bonchev–Trinajstić information content (AvgIpc) is 2.36. The molecule has 0 aromatic heterocycles. The molecule has 2 aromatic rings. The lowest BCUT2D eigenvalue weighted by Crippen LogP contribution is -1.93. The number of halogens is 2. The smallest absolute Gasteiger partial charge is 0.270 e. The lowest BCUT2D eigenvalue weighted by atomic mass is 10.3. The Balaban J connectivity index is 2.28. The third-order valence-corrected chi connectivity index (χ3v) is 2.94. The van der Waals surface area contributed by atoms with Crippen molar-refractivity contribution in [2.75, 3.05) is 5.73 Å². The van der Waals surface area contributed by atoms with Crippen LogP contribution in [-0.4, -0.2) is 4.92 Å². The van der Waals surface area contributed by atoms with Crippen LogP contribution in [0.5, 0.6) is 11.5 Å². The summed E-state index contributed by atoms with van der Waals surface area (Å²) in [6, 6.07) is 8.02. The van der Waals surface area contributed by atoms with Crippen LogP contribution in [0.15, 0.2) is 40.9 Å². The zero-order valence-electron chi connectivity index (χ0n) is 9.47. The summed E-state index contributed by atoms with van der Waals surface area (Å²) in [7, 11) is 0. The van der Waals surface area contributed by atoms with Crippen molar-refractivity contribution in [3.8, 4) is 11.5 Å². The molecule has 2 rings (SSSR count). The minimum Gasteiger partial charge on any atom is -0.456 e. The van der Waals surface area contributed by atoms with E-state index in [1.54, 1.807) is 0 Å². The van der Waals surface area contributed by atoms with Gasteiger partial charge in [0.1, 0.15) is 17.3 Å². The predicted octanol–water partition coefficient (Wildman–Crippen LogP) is 3.87. The minimum absolute atomic E-state index is 0.0319. The maximum Gasteiger partial charge on any atom is 0.270 e. The first-order valence-electron chi connectivity index (χ1n) is 5.14. The van der Waals surface area contributed by atoms with E-state index in [4.69, 9.17) is 10.5 Å². The molecule has 0 heterocycles. The summed E-state index contributed by atoms with van der Waals surface area (Å²) in [6.45, 7) is 0. The summed E-state index contributed by atoms with van der Waals surface area (Å²) in [5, 5.41) is 10.6. The van der Waals surface area contributed by atoms with Crippen LogP contribution in [0.1, 0.15) is 0 Å². The Labute approximate surface area is 116 Å². The Hall–Kier alpha value is -2.15. The molecule has 7 heteroatoms. The second-order valence-electron chi connectivity index (χ2n) is 3.66. The molecule has 0 unspecified atom stereocenters. The second-order valence-corrected chi connectivity index (χ2v) is 4.51. The van der Waals surface area contributed by atoms with E-state index in [-0.39, 0.29) is 11.4 Å². The second kappa shape index (κ2) is 5.23. The van der Waals surface area contributed by atoms with Crippen molar-refractivity contribution >= 4 is 27.3 Å². The van der Waals surface area contributed by atoms with Crippen molar-refractivity contribution in [3.63, 3.8) is 0 Å². The lowest BCUT2D eigenvalue weighted by molar-refractivity contribution is -0.384. The number of non-ortho nitro benzene ring substituents is 1. The van der Waals surface area contributed by atoms with Crippen molar-refractivity contribution in [2.45, 2.75) is 0 Å². The summed E-state index contributed by atoms with van der Waals surface area (Å²) >= 11 is 3.17. The van der Waals surface area contributed by atoms with E-state index in [0.717, 1.165) is 0 Å². The number of anilines is 1. The fourth-order valence-corrected chi connectivity index (χ4v) is 1.85. The summed E-state index contributed by atoms with van der Waals surface area (Å²) in [6.07, 6.45) is 0. The summed E-state index contributed by atoms with van der Waals surface area (Å²) < 4.78 is 18.9. The molecule has 0 saturated carbocycles. The van der Waals surface area contributed by atoms with Gasteiger partial charge in [-0.2, -0.15) is 0 Å². The Morgan fingerprint density at radius 2 is 2.00 bits per heavy atom. The molecular formula is C12H8BrFN2O3. The van der Waals surface area contributed by atoms with Crippen LogP contribution in [0, 0.1) is 15.9 Å². The van der Waals surface area contributed by atoms with Gasteiger partial charge in [-0.1, -0.05) is 0 Å². The SMILES string of the molecule is Nc1cc(Oc2ccc([N+](=O)[O-])cc2Br)ccc1F. The largest absolute Gasteiger partial charge is 0.456 e. The van der Waals surface area contributed by atoms with Gasteiger partial charge < -0.3 is 10.5 Å². The molecule has 0 radical (unpaired) electrons. The predicted molar refractivity (Wildman–Crippen MR) is 71.7 cm³/mol. The maximum absolute atomic E-state index is 13.0. The fourth-order valence-electron chi connectivity index (χ4n) is 1.40. The average molecular weight is 327 g/mol. The number of nitrogens with two attached hydrogens (primary N) is 1. The van der Waals surface area contributed by atoms with Crippen molar-refractivity contribution in [1.29, 1.82) is 0 Å². The van der Waals surface area contributed by atoms with Crippen LogP contribution >= 0.6 is 15.9 Å². The van der Waals surface area contributed by atoms with Crippen molar-refractivity contribution in [1.82, 2.24) is 0 Å². The Bertz CT molecular complexity index is 649. The third kappa shape index (κ3) is 3.00. The van der Waals surface area contributed by atoms with Gasteiger partial charge in [0.15, 0.2) is 0 Å². The number of nitrogen functional groups attached to an aromatic ring is 1. The number of benzene rings is 2. The highest BCUT2D eigenvalue weighted by Crippen LogP contribution is 2.33. The molecule has 0 saturated heterocycles. The van der Waals surface area contributed by atoms with Crippen LogP contribution in [0.2, 0.25) is 0 Å². The van der Waals surface area contributed by atoms with Crippen molar-refractivity contribution in [3.05, 3.63) is 56.8 Å². The topological polar surface area (TPSA) is 78.4 Å². The molecule has 0 fully saturated rings. The molecule has 0 aliphatic rings. The summed E-state index contributed by atoms with van der Waals surface area (Å²) in [4.78, 5) is 10.1. The molecule has 0 bridgehead atoms. The van der Waals surface area contributed by atoms with Crippen LogP contribution in [-0.2, 0) is 0 Å². The van der Waals surface area contributed by atoms with E-state index in [1.807, 2.05) is 0 Å². The Kier molecular flexibility index (Phi) is 3.66. The molecule has 0 atom stereocenters. The number of nitro benzene ring substituents is 1. The molecule has 0 amide bonds. The molecule has 2 N–H and O–H groups in total. The highest BCUT2D eigenvalue weighted by atomic mass is 79.9. The number of nitro groups is 1. The number of rotatable bonds is 3.